The van der Waals surface area contributed by atoms with Crippen LogP contribution in [0, 0.1) is 5.41 Å². The number of esters is 1. The quantitative estimate of drug-likeness (QED) is 0.745. The molecule has 1 aromatic carbocycles. The molecule has 0 saturated carbocycles. The minimum absolute atomic E-state index is 0.00808. The summed E-state index contributed by atoms with van der Waals surface area (Å²) in [6, 6.07) is 11.3. The van der Waals surface area contributed by atoms with Crippen LogP contribution in [0.4, 0.5) is 0 Å². The van der Waals surface area contributed by atoms with Crippen LogP contribution in [-0.2, 0) is 16.1 Å². The molecule has 0 unspecified atom stereocenters. The van der Waals surface area contributed by atoms with Crippen LogP contribution in [0.2, 0.25) is 0 Å². The number of hydrogen-bond acceptors (Lipinski definition) is 4. The standard InChI is InChI=1S/C21H27N3O2/c1-3-21(20(25)26-4-2)14-18-10-11-19(21)23(18)15-16-6-8-17(9-7-16)24-13-5-12-22-24/h5-9,12-13,18-19H,3-4,10-11,14-15H2,1-2H3/t18-,19+,21+/m1/s1. The van der Waals surface area contributed by atoms with Crippen molar-refractivity contribution in [1.82, 2.24) is 14.7 Å². The van der Waals surface area contributed by atoms with Gasteiger partial charge in [-0.15, -0.1) is 0 Å². The minimum Gasteiger partial charge on any atom is -0.466 e. The first-order valence-electron chi connectivity index (χ1n) is 9.70. The molecule has 26 heavy (non-hydrogen) atoms. The van der Waals surface area contributed by atoms with E-state index in [1.54, 1.807) is 6.20 Å². The summed E-state index contributed by atoms with van der Waals surface area (Å²) in [7, 11) is 0. The van der Waals surface area contributed by atoms with E-state index in [0.29, 0.717) is 18.7 Å². The van der Waals surface area contributed by atoms with Gasteiger partial charge >= 0.3 is 5.97 Å². The van der Waals surface area contributed by atoms with Crippen LogP contribution >= 0.6 is 0 Å². The van der Waals surface area contributed by atoms with Gasteiger partial charge in [-0.2, -0.15) is 5.10 Å². The van der Waals surface area contributed by atoms with Crippen LogP contribution in [0.15, 0.2) is 42.7 Å². The van der Waals surface area contributed by atoms with Gasteiger partial charge in [0.15, 0.2) is 0 Å². The Kier molecular flexibility index (Phi) is 4.57. The highest BCUT2D eigenvalue weighted by atomic mass is 16.5. The molecule has 3 heterocycles. The Morgan fingerprint density at radius 3 is 2.73 bits per heavy atom. The van der Waals surface area contributed by atoms with Crippen molar-refractivity contribution in [2.75, 3.05) is 6.61 Å². The summed E-state index contributed by atoms with van der Waals surface area (Å²) >= 11 is 0. The lowest BCUT2D eigenvalue weighted by Gasteiger charge is -2.34. The molecule has 0 amide bonds. The lowest BCUT2D eigenvalue weighted by atomic mass is 9.72. The number of nitrogens with zero attached hydrogens (tertiary/aromatic N) is 3. The molecule has 5 nitrogen and oxygen atoms in total. The average Bonchev–Trinajstić information content (AvgIpc) is 3.39. The predicted octanol–water partition coefficient (Wildman–Crippen LogP) is 3.57. The van der Waals surface area contributed by atoms with Crippen LogP contribution in [0.3, 0.4) is 0 Å². The van der Waals surface area contributed by atoms with E-state index in [4.69, 9.17) is 4.74 Å². The Balaban J connectivity index is 1.51. The first-order chi connectivity index (χ1) is 12.7. The average molecular weight is 353 g/mol. The monoisotopic (exact) mass is 353 g/mol. The Bertz CT molecular complexity index is 756. The molecule has 0 N–H and O–H groups in total. The number of fused-ring (bicyclic) bond motifs is 2. The molecule has 2 saturated heterocycles. The Labute approximate surface area is 154 Å². The van der Waals surface area contributed by atoms with Crippen molar-refractivity contribution in [3.05, 3.63) is 48.3 Å². The van der Waals surface area contributed by atoms with Crippen molar-refractivity contribution in [3.8, 4) is 5.69 Å². The summed E-state index contributed by atoms with van der Waals surface area (Å²) in [5, 5.41) is 4.28. The third-order valence-corrected chi connectivity index (χ3v) is 6.26. The Morgan fingerprint density at radius 1 is 1.27 bits per heavy atom. The van der Waals surface area contributed by atoms with Gasteiger partial charge in [0.25, 0.3) is 0 Å². The molecule has 2 fully saturated rings. The first kappa shape index (κ1) is 17.3. The topological polar surface area (TPSA) is 47.4 Å². The summed E-state index contributed by atoms with van der Waals surface area (Å²) in [6.07, 6.45) is 7.83. The molecule has 2 aromatic rings. The van der Waals surface area contributed by atoms with Crippen molar-refractivity contribution in [2.24, 2.45) is 5.41 Å². The van der Waals surface area contributed by atoms with Crippen molar-refractivity contribution >= 4 is 5.97 Å². The molecule has 1 aromatic heterocycles. The SMILES string of the molecule is CCOC(=O)[C@@]1(CC)C[C@H]2CC[C@@H]1N2Cc1ccc(-n2cccn2)cc1. The second-order valence-corrected chi connectivity index (χ2v) is 7.47. The number of carbonyl (C=O) groups is 1. The lowest BCUT2D eigenvalue weighted by Crippen LogP contribution is -2.43. The number of hydrogen-bond donors (Lipinski definition) is 0. The fraction of sp³-hybridized carbons (Fsp3) is 0.524. The van der Waals surface area contributed by atoms with E-state index in [9.17, 15) is 4.79 Å². The number of carbonyl (C=O) groups excluding carboxylic acids is 1. The first-order valence-corrected chi connectivity index (χ1v) is 9.70. The minimum atomic E-state index is -0.312. The van der Waals surface area contributed by atoms with Crippen LogP contribution in [-0.4, -0.2) is 39.3 Å². The molecule has 3 atom stereocenters. The highest BCUT2D eigenvalue weighted by molar-refractivity contribution is 5.78. The van der Waals surface area contributed by atoms with Gasteiger partial charge in [0.05, 0.1) is 17.7 Å². The summed E-state index contributed by atoms with van der Waals surface area (Å²) in [4.78, 5) is 15.2. The molecule has 5 heteroatoms. The van der Waals surface area contributed by atoms with Crippen molar-refractivity contribution in [2.45, 2.75) is 58.2 Å². The molecule has 2 bridgehead atoms. The Hall–Kier alpha value is -2.14. The van der Waals surface area contributed by atoms with E-state index in [1.807, 2.05) is 23.9 Å². The number of rotatable bonds is 6. The zero-order valence-corrected chi connectivity index (χ0v) is 15.6. The third kappa shape index (κ3) is 2.75. The number of aromatic nitrogens is 2. The van der Waals surface area contributed by atoms with Crippen LogP contribution in [0.1, 0.15) is 45.1 Å². The second kappa shape index (κ2) is 6.88. The summed E-state index contributed by atoms with van der Waals surface area (Å²) in [5.41, 5.74) is 2.04. The molecule has 0 spiro atoms. The maximum atomic E-state index is 12.7. The maximum Gasteiger partial charge on any atom is 0.313 e. The highest BCUT2D eigenvalue weighted by Crippen LogP contribution is 2.52. The summed E-state index contributed by atoms with van der Waals surface area (Å²) < 4.78 is 7.32. The van der Waals surface area contributed by atoms with E-state index >= 15 is 0 Å². The van der Waals surface area contributed by atoms with Gasteiger partial charge in [0.1, 0.15) is 0 Å². The van der Waals surface area contributed by atoms with E-state index in [1.165, 1.54) is 12.0 Å². The molecule has 0 aliphatic carbocycles. The Morgan fingerprint density at radius 2 is 2.08 bits per heavy atom. The van der Waals surface area contributed by atoms with Crippen molar-refractivity contribution in [1.29, 1.82) is 0 Å². The van der Waals surface area contributed by atoms with Gasteiger partial charge in [0, 0.05) is 31.0 Å². The van der Waals surface area contributed by atoms with E-state index < -0.39 is 0 Å². The molecule has 138 valence electrons. The highest BCUT2D eigenvalue weighted by Gasteiger charge is 2.59. The molecule has 0 radical (unpaired) electrons. The second-order valence-electron chi connectivity index (χ2n) is 7.47. The van der Waals surface area contributed by atoms with E-state index in [2.05, 4.69) is 41.2 Å². The van der Waals surface area contributed by atoms with Gasteiger partial charge < -0.3 is 4.74 Å². The zero-order chi connectivity index (χ0) is 18.1. The molecule has 2 aliphatic rings. The third-order valence-electron chi connectivity index (χ3n) is 6.26. The van der Waals surface area contributed by atoms with Crippen molar-refractivity contribution in [3.63, 3.8) is 0 Å². The largest absolute Gasteiger partial charge is 0.466 e. The van der Waals surface area contributed by atoms with E-state index in [-0.39, 0.29) is 11.4 Å². The normalized spacial score (nSPS) is 27.8. The lowest BCUT2D eigenvalue weighted by molar-refractivity contribution is -0.157. The van der Waals surface area contributed by atoms with Crippen molar-refractivity contribution < 1.29 is 9.53 Å². The van der Waals surface area contributed by atoms with E-state index in [0.717, 1.165) is 31.5 Å². The number of benzene rings is 1. The van der Waals surface area contributed by atoms with Gasteiger partial charge in [-0.05, 0) is 56.4 Å². The van der Waals surface area contributed by atoms with Crippen LogP contribution in [0.5, 0.6) is 0 Å². The van der Waals surface area contributed by atoms with Crippen LogP contribution < -0.4 is 0 Å². The fourth-order valence-electron chi connectivity index (χ4n) is 4.95. The van der Waals surface area contributed by atoms with Gasteiger partial charge in [-0.1, -0.05) is 19.1 Å². The summed E-state index contributed by atoms with van der Waals surface area (Å²) in [6.45, 7) is 5.39. The predicted molar refractivity (Wildman–Crippen MR) is 99.9 cm³/mol. The number of ether oxygens (including phenoxy) is 1. The molecule has 2 aliphatic heterocycles. The summed E-state index contributed by atoms with van der Waals surface area (Å²) in [5.74, 6) is 0.00808. The smallest absolute Gasteiger partial charge is 0.313 e. The van der Waals surface area contributed by atoms with Gasteiger partial charge in [-0.25, -0.2) is 4.68 Å². The van der Waals surface area contributed by atoms with Gasteiger partial charge in [-0.3, -0.25) is 9.69 Å². The maximum absolute atomic E-state index is 12.7. The van der Waals surface area contributed by atoms with Crippen LogP contribution in [0.25, 0.3) is 5.69 Å². The zero-order valence-electron chi connectivity index (χ0n) is 15.6. The molecular weight excluding hydrogens is 326 g/mol. The molecular formula is C21H27N3O2. The molecule has 4 rings (SSSR count). The van der Waals surface area contributed by atoms with Gasteiger partial charge in [0.2, 0.25) is 0 Å². The fourth-order valence-corrected chi connectivity index (χ4v) is 4.95.